The van der Waals surface area contributed by atoms with Crippen molar-refractivity contribution in [2.75, 3.05) is 0 Å². The van der Waals surface area contributed by atoms with E-state index in [4.69, 9.17) is 0 Å². The smallest absolute Gasteiger partial charge is 0.204 e. The lowest BCUT2D eigenvalue weighted by atomic mass is 9.97. The van der Waals surface area contributed by atoms with E-state index in [9.17, 15) is 24.6 Å². The lowest BCUT2D eigenvalue weighted by molar-refractivity contribution is -0.148. The molecule has 0 aliphatic carbocycles. The van der Waals surface area contributed by atoms with Crippen LogP contribution in [-0.2, 0) is 14.4 Å². The van der Waals surface area contributed by atoms with Gasteiger partial charge in [-0.05, 0) is 12.8 Å². The van der Waals surface area contributed by atoms with E-state index in [0.717, 1.165) is 51.4 Å². The lowest BCUT2D eigenvalue weighted by Gasteiger charge is -2.13. The molecule has 2 N–H and O–H groups in total. The van der Waals surface area contributed by atoms with Crippen LogP contribution in [0.15, 0.2) is 0 Å². The van der Waals surface area contributed by atoms with Crippen LogP contribution in [0.3, 0.4) is 0 Å². The molecule has 24 heavy (non-hydrogen) atoms. The van der Waals surface area contributed by atoms with Crippen molar-refractivity contribution in [1.29, 1.82) is 0 Å². The van der Waals surface area contributed by atoms with E-state index < -0.39 is 29.6 Å². The highest BCUT2D eigenvalue weighted by Gasteiger charge is 2.32. The van der Waals surface area contributed by atoms with E-state index in [1.807, 2.05) is 0 Å². The first-order chi connectivity index (χ1) is 11.5. The molecule has 0 aliphatic rings. The Labute approximate surface area is 145 Å². The van der Waals surface area contributed by atoms with Crippen LogP contribution < -0.4 is 0 Å². The molecule has 2 unspecified atom stereocenters. The van der Waals surface area contributed by atoms with Crippen LogP contribution in [-0.4, -0.2) is 39.8 Å². The maximum atomic E-state index is 11.9. The summed E-state index contributed by atoms with van der Waals surface area (Å²) in [6, 6.07) is 0. The minimum absolute atomic E-state index is 0.106. The second-order valence-electron chi connectivity index (χ2n) is 6.47. The minimum Gasteiger partial charge on any atom is -0.377 e. The second kappa shape index (κ2) is 14.3. The first kappa shape index (κ1) is 22.9. The number of aliphatic hydroxyl groups excluding tert-OH is 2. The van der Waals surface area contributed by atoms with Crippen LogP contribution in [0.1, 0.15) is 90.9 Å². The molecule has 0 heterocycles. The van der Waals surface area contributed by atoms with E-state index in [1.54, 1.807) is 0 Å². The number of ketones is 3. The predicted molar refractivity (Wildman–Crippen MR) is 93.8 cm³/mol. The van der Waals surface area contributed by atoms with Crippen molar-refractivity contribution in [1.82, 2.24) is 0 Å². The monoisotopic (exact) mass is 342 g/mol. The van der Waals surface area contributed by atoms with Gasteiger partial charge in [-0.15, -0.1) is 0 Å². The Balaban J connectivity index is 4.10. The van der Waals surface area contributed by atoms with Crippen molar-refractivity contribution < 1.29 is 24.6 Å². The van der Waals surface area contributed by atoms with Crippen molar-refractivity contribution >= 4 is 17.3 Å². The van der Waals surface area contributed by atoms with Gasteiger partial charge in [0.05, 0.1) is 0 Å². The van der Waals surface area contributed by atoms with Gasteiger partial charge in [0.15, 0.2) is 23.8 Å². The molecule has 2 atom stereocenters. The summed E-state index contributed by atoms with van der Waals surface area (Å²) in [6.07, 6.45) is 5.87. The predicted octanol–water partition coefficient (Wildman–Crippen LogP) is 3.14. The minimum atomic E-state index is -1.88. The quantitative estimate of drug-likeness (QED) is 0.332. The molecular weight excluding hydrogens is 308 g/mol. The van der Waals surface area contributed by atoms with Gasteiger partial charge in [0, 0.05) is 12.8 Å². The fraction of sp³-hybridized carbons (Fsp3) is 0.842. The number of carbonyl (C=O) groups is 3. The molecule has 0 amide bonds. The number of Topliss-reactive ketones (excluding diaryl/α,β-unsaturated/α-hetero) is 3. The van der Waals surface area contributed by atoms with Crippen LogP contribution in [0.5, 0.6) is 0 Å². The molecule has 0 saturated heterocycles. The van der Waals surface area contributed by atoms with Crippen molar-refractivity contribution in [3.05, 3.63) is 0 Å². The Morgan fingerprint density at radius 3 is 1.29 bits per heavy atom. The van der Waals surface area contributed by atoms with Gasteiger partial charge >= 0.3 is 0 Å². The van der Waals surface area contributed by atoms with Gasteiger partial charge in [-0.3, -0.25) is 14.4 Å². The maximum Gasteiger partial charge on any atom is 0.204 e. The molecular formula is C19H34O5. The van der Waals surface area contributed by atoms with Gasteiger partial charge < -0.3 is 10.2 Å². The van der Waals surface area contributed by atoms with Crippen LogP contribution in [0.25, 0.3) is 0 Å². The SMILES string of the molecule is CCCCCCCC(=O)C(O)C(=O)C(O)C(=O)CCCCCCC. The second-order valence-corrected chi connectivity index (χ2v) is 6.47. The molecule has 0 spiro atoms. The van der Waals surface area contributed by atoms with Gasteiger partial charge in [0.25, 0.3) is 0 Å². The van der Waals surface area contributed by atoms with Crippen molar-refractivity contribution in [3.8, 4) is 0 Å². The van der Waals surface area contributed by atoms with E-state index in [2.05, 4.69) is 13.8 Å². The summed E-state index contributed by atoms with van der Waals surface area (Å²) in [5.41, 5.74) is 0. The first-order valence-corrected chi connectivity index (χ1v) is 9.40. The Hall–Kier alpha value is -1.07. The lowest BCUT2D eigenvalue weighted by Crippen LogP contribution is -2.41. The van der Waals surface area contributed by atoms with E-state index in [-0.39, 0.29) is 12.8 Å². The van der Waals surface area contributed by atoms with Crippen molar-refractivity contribution in [2.24, 2.45) is 0 Å². The molecule has 5 heteroatoms. The molecule has 5 nitrogen and oxygen atoms in total. The number of hydrogen-bond acceptors (Lipinski definition) is 5. The molecule has 0 rings (SSSR count). The summed E-state index contributed by atoms with van der Waals surface area (Å²) in [6.45, 7) is 4.19. The summed E-state index contributed by atoms with van der Waals surface area (Å²) in [5.74, 6) is -2.29. The Bertz CT molecular complexity index is 344. The molecule has 140 valence electrons. The molecule has 0 saturated carbocycles. The molecule has 0 radical (unpaired) electrons. The molecule has 0 aromatic heterocycles. The van der Waals surface area contributed by atoms with Gasteiger partial charge in [0.2, 0.25) is 5.78 Å². The number of carbonyl (C=O) groups excluding carboxylic acids is 3. The van der Waals surface area contributed by atoms with E-state index in [1.165, 1.54) is 0 Å². The Morgan fingerprint density at radius 2 is 0.958 bits per heavy atom. The Kier molecular flexibility index (Phi) is 13.7. The van der Waals surface area contributed by atoms with Crippen LogP contribution in [0.2, 0.25) is 0 Å². The fourth-order valence-electron chi connectivity index (χ4n) is 2.55. The molecule has 0 bridgehead atoms. The summed E-state index contributed by atoms with van der Waals surface area (Å²) < 4.78 is 0. The molecule has 0 aromatic carbocycles. The van der Waals surface area contributed by atoms with Gasteiger partial charge in [-0.1, -0.05) is 65.2 Å². The highest BCUT2D eigenvalue weighted by atomic mass is 16.3. The molecule has 0 fully saturated rings. The van der Waals surface area contributed by atoms with E-state index in [0.29, 0.717) is 12.8 Å². The third-order valence-corrected chi connectivity index (χ3v) is 4.20. The highest BCUT2D eigenvalue weighted by molar-refractivity contribution is 6.15. The summed E-state index contributed by atoms with van der Waals surface area (Å²) in [4.78, 5) is 35.4. The fourth-order valence-corrected chi connectivity index (χ4v) is 2.55. The molecule has 0 aliphatic heterocycles. The third kappa shape index (κ3) is 9.93. The maximum absolute atomic E-state index is 11.9. The topological polar surface area (TPSA) is 91.7 Å². The summed E-state index contributed by atoms with van der Waals surface area (Å²) >= 11 is 0. The van der Waals surface area contributed by atoms with Gasteiger partial charge in [0.1, 0.15) is 0 Å². The number of aliphatic hydroxyl groups is 2. The summed E-state index contributed by atoms with van der Waals surface area (Å²) in [7, 11) is 0. The zero-order chi connectivity index (χ0) is 18.4. The van der Waals surface area contributed by atoms with Crippen LogP contribution >= 0.6 is 0 Å². The highest BCUT2D eigenvalue weighted by Crippen LogP contribution is 2.10. The standard InChI is InChI=1S/C19H34O5/c1-3-5-7-9-11-13-15(20)17(22)19(24)18(23)16(21)14-12-10-8-6-4-2/h17-18,22-23H,3-14H2,1-2H3. The average molecular weight is 342 g/mol. The average Bonchev–Trinajstić information content (AvgIpc) is 2.58. The first-order valence-electron chi connectivity index (χ1n) is 9.40. The number of hydrogen-bond donors (Lipinski definition) is 2. The van der Waals surface area contributed by atoms with Crippen LogP contribution in [0, 0.1) is 0 Å². The van der Waals surface area contributed by atoms with E-state index >= 15 is 0 Å². The van der Waals surface area contributed by atoms with Crippen LogP contribution in [0.4, 0.5) is 0 Å². The third-order valence-electron chi connectivity index (χ3n) is 4.20. The Morgan fingerprint density at radius 1 is 0.625 bits per heavy atom. The van der Waals surface area contributed by atoms with Crippen molar-refractivity contribution in [2.45, 2.75) is 103 Å². The van der Waals surface area contributed by atoms with Gasteiger partial charge in [-0.2, -0.15) is 0 Å². The number of unbranched alkanes of at least 4 members (excludes halogenated alkanes) is 8. The zero-order valence-electron chi connectivity index (χ0n) is 15.3. The van der Waals surface area contributed by atoms with Gasteiger partial charge in [-0.25, -0.2) is 0 Å². The zero-order valence-corrected chi connectivity index (χ0v) is 15.3. The molecule has 0 aromatic rings. The van der Waals surface area contributed by atoms with Crippen molar-refractivity contribution in [3.63, 3.8) is 0 Å². The normalized spacial score (nSPS) is 13.5. The number of rotatable bonds is 16. The summed E-state index contributed by atoms with van der Waals surface area (Å²) in [5, 5.41) is 19.5. The largest absolute Gasteiger partial charge is 0.377 e.